The second-order valence-corrected chi connectivity index (χ2v) is 6.95. The molecule has 1 fully saturated rings. The van der Waals surface area contributed by atoms with Crippen molar-refractivity contribution in [1.82, 2.24) is 4.90 Å². The number of nitrogens with zero attached hydrogens (tertiary/aromatic N) is 2. The van der Waals surface area contributed by atoms with Gasteiger partial charge in [0.15, 0.2) is 0 Å². The number of benzene rings is 1. The van der Waals surface area contributed by atoms with Gasteiger partial charge in [0.2, 0.25) is 11.8 Å². The van der Waals surface area contributed by atoms with Crippen molar-refractivity contribution in [3.8, 4) is 0 Å². The summed E-state index contributed by atoms with van der Waals surface area (Å²) in [6, 6.07) is 7.89. The Morgan fingerprint density at radius 1 is 1.32 bits per heavy atom. The van der Waals surface area contributed by atoms with Crippen LogP contribution in [0.1, 0.15) is 39.7 Å². The lowest BCUT2D eigenvalue weighted by Gasteiger charge is -2.32. The van der Waals surface area contributed by atoms with Crippen LogP contribution in [0, 0.1) is 12.8 Å². The van der Waals surface area contributed by atoms with E-state index in [1.807, 2.05) is 63.8 Å². The van der Waals surface area contributed by atoms with Gasteiger partial charge in [-0.15, -0.1) is 0 Å². The third kappa shape index (κ3) is 3.16. The van der Waals surface area contributed by atoms with Crippen molar-refractivity contribution >= 4 is 17.5 Å². The molecule has 1 aliphatic heterocycles. The molecular weight excluding hydrogens is 276 g/mol. The van der Waals surface area contributed by atoms with Crippen molar-refractivity contribution in [2.24, 2.45) is 5.92 Å². The van der Waals surface area contributed by atoms with Crippen molar-refractivity contribution in [3.63, 3.8) is 0 Å². The van der Waals surface area contributed by atoms with Gasteiger partial charge in [-0.1, -0.05) is 18.2 Å². The van der Waals surface area contributed by atoms with E-state index < -0.39 is 0 Å². The van der Waals surface area contributed by atoms with Gasteiger partial charge in [0.25, 0.3) is 0 Å². The maximum atomic E-state index is 12.9. The Kier molecular flexibility index (Phi) is 4.59. The zero-order valence-electron chi connectivity index (χ0n) is 14.2. The minimum absolute atomic E-state index is 0.0527. The molecule has 0 aromatic heterocycles. The fourth-order valence-corrected chi connectivity index (χ4v) is 3.05. The molecule has 2 rings (SSSR count). The molecule has 1 aromatic carbocycles. The average Bonchev–Trinajstić information content (AvgIpc) is 2.83. The number of amides is 2. The Morgan fingerprint density at radius 3 is 2.45 bits per heavy atom. The normalized spacial score (nSPS) is 18.7. The quantitative estimate of drug-likeness (QED) is 0.861. The molecule has 22 heavy (non-hydrogen) atoms. The van der Waals surface area contributed by atoms with Crippen molar-refractivity contribution in [2.45, 2.75) is 46.6 Å². The van der Waals surface area contributed by atoms with Crippen LogP contribution in [0.2, 0.25) is 0 Å². The SMILES string of the molecule is CCN(C(=O)[C@H]1CC(=O)N(C(C)(C)C)C1)c1ccccc1C. The van der Waals surface area contributed by atoms with Gasteiger partial charge >= 0.3 is 0 Å². The van der Waals surface area contributed by atoms with E-state index in [0.29, 0.717) is 19.5 Å². The van der Waals surface area contributed by atoms with E-state index in [1.165, 1.54) is 0 Å². The molecule has 1 aliphatic rings. The number of para-hydroxylation sites is 1. The first-order valence-corrected chi connectivity index (χ1v) is 7.93. The summed E-state index contributed by atoms with van der Waals surface area (Å²) in [7, 11) is 0. The van der Waals surface area contributed by atoms with Crippen LogP contribution in [0.4, 0.5) is 5.69 Å². The molecule has 0 bridgehead atoms. The van der Waals surface area contributed by atoms with Crippen LogP contribution in [0.15, 0.2) is 24.3 Å². The molecule has 0 N–H and O–H groups in total. The lowest BCUT2D eigenvalue weighted by molar-refractivity contribution is -0.131. The molecule has 4 nitrogen and oxygen atoms in total. The number of rotatable bonds is 3. The van der Waals surface area contributed by atoms with Gasteiger partial charge < -0.3 is 9.80 Å². The Morgan fingerprint density at radius 2 is 1.95 bits per heavy atom. The summed E-state index contributed by atoms with van der Waals surface area (Å²) in [6.07, 6.45) is 0.318. The lowest BCUT2D eigenvalue weighted by atomic mass is 10.0. The van der Waals surface area contributed by atoms with Gasteiger partial charge in [0, 0.05) is 30.7 Å². The predicted octanol–water partition coefficient (Wildman–Crippen LogP) is 2.99. The molecule has 1 atom stereocenters. The highest BCUT2D eigenvalue weighted by molar-refractivity contribution is 5.99. The van der Waals surface area contributed by atoms with Crippen LogP contribution in [0.5, 0.6) is 0 Å². The highest BCUT2D eigenvalue weighted by atomic mass is 16.2. The van der Waals surface area contributed by atoms with Gasteiger partial charge in [0.05, 0.1) is 5.92 Å². The number of carbonyl (C=O) groups is 2. The lowest BCUT2D eigenvalue weighted by Crippen LogP contribution is -2.43. The largest absolute Gasteiger partial charge is 0.337 e. The topological polar surface area (TPSA) is 40.6 Å². The predicted molar refractivity (Wildman–Crippen MR) is 88.8 cm³/mol. The first kappa shape index (κ1) is 16.5. The summed E-state index contributed by atoms with van der Waals surface area (Å²) in [4.78, 5) is 28.7. The van der Waals surface area contributed by atoms with Crippen LogP contribution in [-0.2, 0) is 9.59 Å². The maximum absolute atomic E-state index is 12.9. The third-order valence-corrected chi connectivity index (χ3v) is 4.27. The van der Waals surface area contributed by atoms with Gasteiger partial charge in [-0.25, -0.2) is 0 Å². The number of hydrogen-bond acceptors (Lipinski definition) is 2. The second-order valence-electron chi connectivity index (χ2n) is 6.95. The molecule has 0 unspecified atom stereocenters. The maximum Gasteiger partial charge on any atom is 0.232 e. The van der Waals surface area contributed by atoms with Crippen LogP contribution in [0.3, 0.4) is 0 Å². The van der Waals surface area contributed by atoms with E-state index in [0.717, 1.165) is 11.3 Å². The van der Waals surface area contributed by atoms with Gasteiger partial charge in [-0.3, -0.25) is 9.59 Å². The van der Waals surface area contributed by atoms with Crippen LogP contribution in [0.25, 0.3) is 0 Å². The van der Waals surface area contributed by atoms with Crippen molar-refractivity contribution in [3.05, 3.63) is 29.8 Å². The van der Waals surface area contributed by atoms with E-state index in [4.69, 9.17) is 0 Å². The number of aryl methyl sites for hydroxylation is 1. The number of carbonyl (C=O) groups excluding carboxylic acids is 2. The highest BCUT2D eigenvalue weighted by Gasteiger charge is 2.40. The fraction of sp³-hybridized carbons (Fsp3) is 0.556. The zero-order valence-corrected chi connectivity index (χ0v) is 14.2. The summed E-state index contributed by atoms with van der Waals surface area (Å²) < 4.78 is 0. The first-order valence-electron chi connectivity index (χ1n) is 7.93. The van der Waals surface area contributed by atoms with E-state index in [2.05, 4.69) is 0 Å². The van der Waals surface area contributed by atoms with Crippen LogP contribution < -0.4 is 4.90 Å². The second kappa shape index (κ2) is 6.11. The van der Waals surface area contributed by atoms with E-state index in [9.17, 15) is 9.59 Å². The monoisotopic (exact) mass is 302 g/mol. The number of likely N-dealkylation sites (tertiary alicyclic amines) is 1. The molecule has 0 saturated carbocycles. The van der Waals surface area contributed by atoms with E-state index >= 15 is 0 Å². The highest BCUT2D eigenvalue weighted by Crippen LogP contribution is 2.29. The molecule has 1 heterocycles. The zero-order chi connectivity index (χ0) is 16.5. The van der Waals surface area contributed by atoms with E-state index in [1.54, 1.807) is 4.90 Å². The van der Waals surface area contributed by atoms with Gasteiger partial charge in [-0.2, -0.15) is 0 Å². The summed E-state index contributed by atoms with van der Waals surface area (Å²) >= 11 is 0. The Labute approximate surface area is 133 Å². The molecule has 120 valence electrons. The molecule has 0 spiro atoms. The summed E-state index contributed by atoms with van der Waals surface area (Å²) in [5, 5.41) is 0. The minimum Gasteiger partial charge on any atom is -0.337 e. The van der Waals surface area contributed by atoms with Crippen LogP contribution in [-0.4, -0.2) is 35.3 Å². The van der Waals surface area contributed by atoms with Crippen molar-refractivity contribution in [1.29, 1.82) is 0 Å². The Hall–Kier alpha value is -1.84. The Bertz CT molecular complexity index is 575. The molecule has 2 amide bonds. The Balaban J connectivity index is 2.21. The van der Waals surface area contributed by atoms with Crippen LogP contribution >= 0.6 is 0 Å². The summed E-state index contributed by atoms with van der Waals surface area (Å²) in [5.74, 6) is -0.116. The standard InChI is InChI=1S/C18H26N2O2/c1-6-19(15-10-8-7-9-13(15)2)17(22)14-11-16(21)20(12-14)18(3,4)5/h7-10,14H,6,11-12H2,1-5H3/t14-/m0/s1. The molecular formula is C18H26N2O2. The number of hydrogen-bond donors (Lipinski definition) is 0. The first-order chi connectivity index (χ1) is 10.3. The molecule has 1 saturated heterocycles. The smallest absolute Gasteiger partial charge is 0.232 e. The van der Waals surface area contributed by atoms with E-state index in [-0.39, 0.29) is 23.3 Å². The van der Waals surface area contributed by atoms with Gasteiger partial charge in [-0.05, 0) is 46.2 Å². The number of anilines is 1. The molecule has 1 aromatic rings. The van der Waals surface area contributed by atoms with Crippen molar-refractivity contribution in [2.75, 3.05) is 18.0 Å². The minimum atomic E-state index is -0.244. The summed E-state index contributed by atoms with van der Waals surface area (Å²) in [5.41, 5.74) is 1.79. The van der Waals surface area contributed by atoms with Crippen molar-refractivity contribution < 1.29 is 9.59 Å². The summed E-state index contributed by atoms with van der Waals surface area (Å²) in [6.45, 7) is 11.1. The molecule has 4 heteroatoms. The van der Waals surface area contributed by atoms with Gasteiger partial charge in [0.1, 0.15) is 0 Å². The fourth-order valence-electron chi connectivity index (χ4n) is 3.05. The molecule has 0 aliphatic carbocycles. The molecule has 0 radical (unpaired) electrons. The third-order valence-electron chi connectivity index (χ3n) is 4.27. The average molecular weight is 302 g/mol.